The molecule has 0 rings (SSSR count). The van der Waals surface area contributed by atoms with Crippen molar-refractivity contribution in [1.82, 2.24) is 0 Å². The van der Waals surface area contributed by atoms with Crippen LogP contribution in [0.5, 0.6) is 0 Å². The van der Waals surface area contributed by atoms with Crippen molar-refractivity contribution < 1.29 is 0 Å². The molecule has 0 nitrogen and oxygen atoms in total. The summed E-state index contributed by atoms with van der Waals surface area (Å²) < 4.78 is 0. The predicted molar refractivity (Wildman–Crippen MR) is 61.2 cm³/mol. The Kier molecular flexibility index (Phi) is 5.63. The molecule has 0 heterocycles. The zero-order valence-electron chi connectivity index (χ0n) is 6.71. The van der Waals surface area contributed by atoms with Crippen LogP contribution in [0.15, 0.2) is 0 Å². The molecule has 0 saturated heterocycles. The molecule has 0 fully saturated rings. The Morgan fingerprint density at radius 2 is 1.56 bits per heavy atom. The first-order valence-corrected chi connectivity index (χ1v) is 9.84. The first kappa shape index (κ1) is 10.2. The van der Waals surface area contributed by atoms with Crippen LogP contribution in [0.4, 0.5) is 0 Å². The van der Waals surface area contributed by atoms with Crippen LogP contribution in [-0.2, 0) is 0 Å². The van der Waals surface area contributed by atoms with Crippen molar-refractivity contribution >= 4 is 34.4 Å². The summed E-state index contributed by atoms with van der Waals surface area (Å²) in [6.07, 6.45) is 5.76. The fraction of sp³-hybridized carbons (Fsp3) is 1.00. The van der Waals surface area contributed by atoms with Crippen LogP contribution in [0, 0.1) is 0 Å². The quantitative estimate of drug-likeness (QED) is 0.412. The fourth-order valence-corrected chi connectivity index (χ4v) is 6.74. The van der Waals surface area contributed by atoms with Crippen molar-refractivity contribution in [3.8, 4) is 0 Å². The molecule has 0 aliphatic heterocycles. The summed E-state index contributed by atoms with van der Waals surface area (Å²) in [7, 11) is 2.49. The van der Waals surface area contributed by atoms with Crippen LogP contribution in [0.25, 0.3) is 0 Å². The Labute approximate surface area is 73.4 Å². The molecule has 0 N–H and O–H groups in total. The Morgan fingerprint density at radius 1 is 1.22 bits per heavy atom. The first-order valence-electron chi connectivity index (χ1n) is 3.81. The third-order valence-electron chi connectivity index (χ3n) is 1.54. The van der Waals surface area contributed by atoms with Gasteiger partial charge in [-0.2, -0.15) is 0 Å². The molecule has 0 aromatic heterocycles. The van der Waals surface area contributed by atoms with Gasteiger partial charge in [-0.3, -0.25) is 0 Å². The van der Waals surface area contributed by atoms with E-state index in [0.717, 1.165) is 0 Å². The molecule has 0 aromatic carbocycles. The van der Waals surface area contributed by atoms with Crippen molar-refractivity contribution in [3.63, 3.8) is 0 Å². The summed E-state index contributed by atoms with van der Waals surface area (Å²) in [5.41, 5.74) is 0. The molecule has 0 saturated carbocycles. The molecule has 3 heteroatoms. The number of halogens is 1. The molecule has 56 valence electrons. The van der Waals surface area contributed by atoms with E-state index >= 15 is 0 Å². The second-order valence-corrected chi connectivity index (χ2v) is 14.6. The average Bonchev–Trinajstić information content (AvgIpc) is 1.64. The van der Waals surface area contributed by atoms with E-state index in [9.17, 15) is 0 Å². The first-order chi connectivity index (χ1) is 4.12. The maximum absolute atomic E-state index is 2.71. The van der Waals surface area contributed by atoms with Gasteiger partial charge in [-0.1, -0.05) is 0 Å². The molecule has 0 atom stereocenters. The molecule has 0 unspecified atom stereocenters. The van der Waals surface area contributed by atoms with Gasteiger partial charge in [0.2, 0.25) is 0 Å². The normalized spacial score (nSPS) is 13.7. The van der Waals surface area contributed by atoms with Gasteiger partial charge >= 0.3 is 73.4 Å². The summed E-state index contributed by atoms with van der Waals surface area (Å²) >= 11 is 2.71. The SMILES string of the molecule is B[PH](I)(CCC)CCC. The molecule has 0 bridgehead atoms. The van der Waals surface area contributed by atoms with Gasteiger partial charge in [-0.15, -0.1) is 0 Å². The monoisotopic (exact) mass is 258 g/mol. The molecule has 0 aliphatic rings. The second-order valence-electron chi connectivity index (χ2n) is 2.91. The van der Waals surface area contributed by atoms with Crippen molar-refractivity contribution in [2.24, 2.45) is 0 Å². The molecule has 0 radical (unpaired) electrons. The van der Waals surface area contributed by atoms with Gasteiger partial charge in [0.15, 0.2) is 0 Å². The van der Waals surface area contributed by atoms with Gasteiger partial charge in [-0.25, -0.2) is 0 Å². The van der Waals surface area contributed by atoms with Gasteiger partial charge in [0.1, 0.15) is 0 Å². The third kappa shape index (κ3) is 5.66. The Bertz CT molecular complexity index is 67.5. The van der Waals surface area contributed by atoms with E-state index in [4.69, 9.17) is 0 Å². The van der Waals surface area contributed by atoms with Gasteiger partial charge in [0.25, 0.3) is 0 Å². The Balaban J connectivity index is 3.43. The number of hydrogen-bond donors (Lipinski definition) is 0. The van der Waals surface area contributed by atoms with E-state index in [-0.39, 0.29) is 0 Å². The summed E-state index contributed by atoms with van der Waals surface area (Å²) in [5.74, 6) is 0. The van der Waals surface area contributed by atoms with Crippen LogP contribution >= 0.6 is 26.8 Å². The summed E-state index contributed by atoms with van der Waals surface area (Å²) in [4.78, 5) is -0.733. The van der Waals surface area contributed by atoms with Gasteiger partial charge < -0.3 is 0 Å². The Morgan fingerprint density at radius 3 is 1.78 bits per heavy atom. The van der Waals surface area contributed by atoms with Crippen molar-refractivity contribution in [1.29, 1.82) is 0 Å². The minimum atomic E-state index is -0.733. The van der Waals surface area contributed by atoms with E-state index in [1.54, 1.807) is 0 Å². The van der Waals surface area contributed by atoms with Gasteiger partial charge in [0.05, 0.1) is 0 Å². The average molecular weight is 258 g/mol. The predicted octanol–water partition coefficient (Wildman–Crippen LogP) is 2.45. The van der Waals surface area contributed by atoms with E-state index in [2.05, 4.69) is 43.5 Å². The zero-order valence-corrected chi connectivity index (χ0v) is 9.86. The molecule has 0 aliphatic carbocycles. The second kappa shape index (κ2) is 4.95. The van der Waals surface area contributed by atoms with Gasteiger partial charge in [-0.05, 0) is 0 Å². The summed E-state index contributed by atoms with van der Waals surface area (Å²) in [6, 6.07) is 0. The van der Waals surface area contributed by atoms with Crippen LogP contribution in [0.3, 0.4) is 0 Å². The standard InChI is InChI=1S/C6H17BIP/c1-3-5-9(7,8)6-4-2/h9H,3-7H2,1-2H3. The Hall–Kier alpha value is 1.22. The number of rotatable bonds is 4. The molecular weight excluding hydrogens is 241 g/mol. The summed E-state index contributed by atoms with van der Waals surface area (Å²) in [6.45, 7) is 4.58. The van der Waals surface area contributed by atoms with Crippen LogP contribution < -0.4 is 0 Å². The van der Waals surface area contributed by atoms with Crippen LogP contribution in [0.1, 0.15) is 26.7 Å². The van der Waals surface area contributed by atoms with E-state index in [1.807, 2.05) is 0 Å². The number of hydrogen-bond acceptors (Lipinski definition) is 0. The van der Waals surface area contributed by atoms with E-state index in [1.165, 1.54) is 25.2 Å². The van der Waals surface area contributed by atoms with E-state index < -0.39 is 4.78 Å². The van der Waals surface area contributed by atoms with Crippen LogP contribution in [0.2, 0.25) is 0 Å². The van der Waals surface area contributed by atoms with Crippen molar-refractivity contribution in [2.45, 2.75) is 26.7 Å². The molecule has 0 amide bonds. The molecule has 9 heavy (non-hydrogen) atoms. The minimum absolute atomic E-state index is 0.733. The van der Waals surface area contributed by atoms with Crippen molar-refractivity contribution in [3.05, 3.63) is 0 Å². The van der Waals surface area contributed by atoms with Crippen LogP contribution in [-0.4, -0.2) is 19.9 Å². The zero-order chi connectivity index (χ0) is 7.33. The molecule has 0 aromatic rings. The summed E-state index contributed by atoms with van der Waals surface area (Å²) in [5, 5.41) is 0. The maximum atomic E-state index is 2.71. The fourth-order valence-electron chi connectivity index (χ4n) is 1.17. The van der Waals surface area contributed by atoms with E-state index in [0.29, 0.717) is 0 Å². The molecule has 0 spiro atoms. The third-order valence-corrected chi connectivity index (χ3v) is 7.86. The van der Waals surface area contributed by atoms with Crippen molar-refractivity contribution in [2.75, 3.05) is 12.3 Å². The topological polar surface area (TPSA) is 0 Å². The van der Waals surface area contributed by atoms with Gasteiger partial charge in [0, 0.05) is 0 Å². The molecular formula is C6H17BIP.